The fraction of sp³-hybridized carbons (Fsp3) is 0.0800. The fourth-order valence-electron chi connectivity index (χ4n) is 3.09. The average molecular weight is 597 g/mol. The number of nitrogens with two attached hydrogens (primary N) is 2. The topological polar surface area (TPSA) is 170 Å². The molecule has 3 aromatic carbocycles. The number of thiol groups is 2. The van der Waals surface area contributed by atoms with Crippen LogP contribution in [0.2, 0.25) is 5.02 Å². The van der Waals surface area contributed by atoms with Gasteiger partial charge in [0.1, 0.15) is 0 Å². The third-order valence-corrected chi connectivity index (χ3v) is 5.81. The van der Waals surface area contributed by atoms with Gasteiger partial charge in [-0.25, -0.2) is 13.1 Å². The molecule has 204 valence electrons. The molecule has 1 aromatic heterocycles. The molecule has 0 spiro atoms. The van der Waals surface area contributed by atoms with E-state index in [1.165, 1.54) is 6.26 Å². The first-order chi connectivity index (χ1) is 16.9. The molecule has 0 fully saturated rings. The van der Waals surface area contributed by atoms with Crippen LogP contribution in [-0.4, -0.2) is 40.4 Å². The van der Waals surface area contributed by atoms with Crippen molar-refractivity contribution in [2.75, 3.05) is 6.26 Å². The zero-order chi connectivity index (χ0) is 26.9. The van der Waals surface area contributed by atoms with E-state index in [0.29, 0.717) is 10.7 Å². The molecule has 0 aliphatic rings. The molecule has 4 aromatic rings. The SMILES string of the molecule is C.CS(=O)(=O)c1ccccc1-n1nc(-c2ccccc2)cc1-c1ccc(Cl)cc1.NC(=O)S.NC(=O)S.O. The van der Waals surface area contributed by atoms with Crippen LogP contribution in [-0.2, 0) is 9.84 Å². The number of benzene rings is 3. The Bertz CT molecular complexity index is 1430. The molecule has 6 N–H and O–H groups in total. The number of aromatic nitrogens is 2. The molecule has 0 saturated carbocycles. The Hall–Kier alpha value is -3.29. The van der Waals surface area contributed by atoms with E-state index in [-0.39, 0.29) is 17.8 Å². The Kier molecular flexibility index (Phi) is 14.5. The van der Waals surface area contributed by atoms with E-state index in [0.717, 1.165) is 22.5 Å². The van der Waals surface area contributed by atoms with Gasteiger partial charge >= 0.3 is 0 Å². The summed E-state index contributed by atoms with van der Waals surface area (Å²) >= 11 is 12.3. The molecule has 0 saturated heterocycles. The van der Waals surface area contributed by atoms with E-state index < -0.39 is 20.3 Å². The number of para-hydroxylation sites is 1. The predicted octanol–water partition coefficient (Wildman–Crippen LogP) is 5.06. The lowest BCUT2D eigenvalue weighted by Crippen LogP contribution is -2.07. The van der Waals surface area contributed by atoms with E-state index in [4.69, 9.17) is 26.3 Å². The lowest BCUT2D eigenvalue weighted by molar-refractivity contribution is 0.266. The first-order valence-electron chi connectivity index (χ1n) is 10.1. The number of nitrogens with zero attached hydrogens (tertiary/aromatic N) is 2. The van der Waals surface area contributed by atoms with Crippen molar-refractivity contribution in [1.82, 2.24) is 9.78 Å². The Balaban J connectivity index is 0.00000121. The van der Waals surface area contributed by atoms with Gasteiger partial charge in [-0.2, -0.15) is 5.10 Å². The highest BCUT2D eigenvalue weighted by Crippen LogP contribution is 2.31. The third-order valence-electron chi connectivity index (χ3n) is 4.41. The predicted molar refractivity (Wildman–Crippen MR) is 160 cm³/mol. The number of halogens is 1. The van der Waals surface area contributed by atoms with Crippen LogP contribution in [0.15, 0.2) is 89.8 Å². The number of rotatable bonds is 4. The normalized spacial score (nSPS) is 9.79. The quantitative estimate of drug-likeness (QED) is 0.241. The van der Waals surface area contributed by atoms with Crippen LogP contribution in [0.1, 0.15) is 7.43 Å². The number of carbonyl (C=O) groups excluding carboxylic acids is 2. The highest BCUT2D eigenvalue weighted by Gasteiger charge is 2.19. The molecular weight excluding hydrogens is 568 g/mol. The zero-order valence-corrected chi connectivity index (χ0v) is 22.8. The van der Waals surface area contributed by atoms with E-state index in [1.54, 1.807) is 41.1 Å². The molecule has 0 aliphatic carbocycles. The summed E-state index contributed by atoms with van der Waals surface area (Å²) in [5, 5.41) is 4.10. The van der Waals surface area contributed by atoms with Gasteiger partial charge in [-0.15, -0.1) is 0 Å². The maximum Gasteiger partial charge on any atom is 0.273 e. The van der Waals surface area contributed by atoms with E-state index in [9.17, 15) is 8.42 Å². The molecule has 0 atom stereocenters. The van der Waals surface area contributed by atoms with E-state index in [2.05, 4.69) is 36.7 Å². The van der Waals surface area contributed by atoms with Gasteiger partial charge in [0.25, 0.3) is 10.5 Å². The summed E-state index contributed by atoms with van der Waals surface area (Å²) in [6.07, 6.45) is 1.20. The van der Waals surface area contributed by atoms with Crippen molar-refractivity contribution in [2.24, 2.45) is 11.5 Å². The molecule has 0 unspecified atom stereocenters. The minimum atomic E-state index is -3.42. The lowest BCUT2D eigenvalue weighted by Gasteiger charge is -2.11. The molecular formula is C25H29ClN4O5S3. The molecule has 9 nitrogen and oxygen atoms in total. The minimum Gasteiger partial charge on any atom is -0.412 e. The zero-order valence-electron chi connectivity index (χ0n) is 19.4. The Morgan fingerprint density at radius 2 is 1.32 bits per heavy atom. The monoisotopic (exact) mass is 596 g/mol. The van der Waals surface area contributed by atoms with E-state index in [1.807, 2.05) is 48.5 Å². The van der Waals surface area contributed by atoms with Crippen LogP contribution in [0, 0.1) is 0 Å². The molecule has 0 bridgehead atoms. The third kappa shape index (κ3) is 10.6. The summed E-state index contributed by atoms with van der Waals surface area (Å²) in [7, 11) is -3.42. The van der Waals surface area contributed by atoms with Gasteiger partial charge in [0.15, 0.2) is 9.84 Å². The summed E-state index contributed by atoms with van der Waals surface area (Å²) in [4.78, 5) is 18.4. The molecule has 2 amide bonds. The van der Waals surface area contributed by atoms with Crippen LogP contribution < -0.4 is 11.5 Å². The Morgan fingerprint density at radius 3 is 1.82 bits per heavy atom. The minimum absolute atomic E-state index is 0. The van der Waals surface area contributed by atoms with E-state index >= 15 is 0 Å². The van der Waals surface area contributed by atoms with Gasteiger partial charge in [-0.3, -0.25) is 9.59 Å². The summed E-state index contributed by atoms with van der Waals surface area (Å²) < 4.78 is 26.4. The second-order valence-electron chi connectivity index (χ2n) is 7.12. The van der Waals surface area contributed by atoms with Crippen molar-refractivity contribution in [2.45, 2.75) is 12.3 Å². The maximum atomic E-state index is 12.3. The van der Waals surface area contributed by atoms with Crippen LogP contribution in [0.5, 0.6) is 0 Å². The van der Waals surface area contributed by atoms with Crippen molar-refractivity contribution >= 4 is 57.2 Å². The molecule has 38 heavy (non-hydrogen) atoms. The fourth-order valence-corrected chi connectivity index (χ4v) is 4.07. The van der Waals surface area contributed by atoms with Gasteiger partial charge in [0.2, 0.25) is 0 Å². The maximum absolute atomic E-state index is 12.3. The van der Waals surface area contributed by atoms with Gasteiger partial charge in [0, 0.05) is 22.4 Å². The number of sulfone groups is 1. The number of carbonyl (C=O) groups is 2. The van der Waals surface area contributed by atoms with Crippen LogP contribution in [0.3, 0.4) is 0 Å². The van der Waals surface area contributed by atoms with Crippen molar-refractivity contribution < 1.29 is 23.5 Å². The van der Waals surface area contributed by atoms with Gasteiger partial charge < -0.3 is 16.9 Å². The highest BCUT2D eigenvalue weighted by molar-refractivity contribution is 7.96. The summed E-state index contributed by atoms with van der Waals surface area (Å²) in [6, 6.07) is 26.0. The largest absolute Gasteiger partial charge is 0.412 e. The highest BCUT2D eigenvalue weighted by atomic mass is 35.5. The first-order valence-corrected chi connectivity index (χ1v) is 13.2. The number of hydrogen-bond acceptors (Lipinski definition) is 5. The lowest BCUT2D eigenvalue weighted by atomic mass is 10.1. The molecule has 1 heterocycles. The van der Waals surface area contributed by atoms with Gasteiger partial charge in [0.05, 0.1) is 22.0 Å². The average Bonchev–Trinajstić information content (AvgIpc) is 3.24. The first kappa shape index (κ1) is 34.7. The van der Waals surface area contributed by atoms with Crippen molar-refractivity contribution in [1.29, 1.82) is 0 Å². The summed E-state index contributed by atoms with van der Waals surface area (Å²) in [5.41, 5.74) is 12.6. The smallest absolute Gasteiger partial charge is 0.273 e. The Morgan fingerprint density at radius 1 is 0.842 bits per heavy atom. The van der Waals surface area contributed by atoms with Gasteiger partial charge in [-0.1, -0.05) is 98.9 Å². The van der Waals surface area contributed by atoms with Crippen molar-refractivity contribution in [3.05, 3.63) is 90.0 Å². The second kappa shape index (κ2) is 15.8. The standard InChI is InChI=1S/C22H17ClN2O2S.2CH3NOS.CH4.H2O/c1-28(26,27)22-10-6-5-9-20(22)25-21(17-11-13-18(23)14-12-17)15-19(24-25)16-7-3-2-4-8-16;2*2-1(3)4;;/h2-15H,1H3;2*(H3,2,3,4);1H4;1H2. The van der Waals surface area contributed by atoms with Crippen LogP contribution in [0.4, 0.5) is 9.59 Å². The molecule has 13 heteroatoms. The van der Waals surface area contributed by atoms with Crippen LogP contribution in [0.25, 0.3) is 28.2 Å². The van der Waals surface area contributed by atoms with Gasteiger partial charge in [-0.05, 0) is 30.3 Å². The van der Waals surface area contributed by atoms with Crippen molar-refractivity contribution in [3.63, 3.8) is 0 Å². The van der Waals surface area contributed by atoms with Crippen LogP contribution >= 0.6 is 36.9 Å². The Labute approximate surface area is 237 Å². The summed E-state index contributed by atoms with van der Waals surface area (Å²) in [6.45, 7) is 0. The number of amides is 2. The second-order valence-corrected chi connectivity index (χ2v) is 10.4. The molecule has 0 radical (unpaired) electrons. The number of primary amides is 2. The molecule has 4 rings (SSSR count). The van der Waals surface area contributed by atoms with Crippen molar-refractivity contribution in [3.8, 4) is 28.2 Å². The summed E-state index contributed by atoms with van der Waals surface area (Å²) in [5.74, 6) is 0. The number of hydrogen-bond donors (Lipinski definition) is 4. The molecule has 0 aliphatic heterocycles.